The Labute approximate surface area is 93.3 Å². The van der Waals surface area contributed by atoms with Crippen LogP contribution in [0, 0.1) is 17.8 Å². The molecule has 2 heteroatoms. The quantitative estimate of drug-likeness (QED) is 0.669. The van der Waals surface area contributed by atoms with Crippen molar-refractivity contribution in [3.8, 4) is 0 Å². The highest BCUT2D eigenvalue weighted by atomic mass is 16.7. The van der Waals surface area contributed by atoms with Crippen LogP contribution in [0.3, 0.4) is 0 Å². The largest absolute Gasteiger partial charge is 0.356 e. The zero-order chi connectivity index (χ0) is 10.7. The third-order valence-corrected chi connectivity index (χ3v) is 4.44. The molecule has 0 aromatic carbocycles. The summed E-state index contributed by atoms with van der Waals surface area (Å²) in [6.45, 7) is 0. The molecule has 0 spiro atoms. The summed E-state index contributed by atoms with van der Waals surface area (Å²) in [5.74, 6) is 2.49. The Bertz CT molecular complexity index is 187. The van der Waals surface area contributed by atoms with E-state index >= 15 is 0 Å². The first-order valence-corrected chi connectivity index (χ1v) is 6.42. The highest BCUT2D eigenvalue weighted by molar-refractivity contribution is 4.86. The van der Waals surface area contributed by atoms with E-state index in [1.807, 2.05) is 0 Å². The van der Waals surface area contributed by atoms with Crippen LogP contribution in [0.2, 0.25) is 0 Å². The zero-order valence-electron chi connectivity index (χ0n) is 10.1. The fourth-order valence-corrected chi connectivity index (χ4v) is 3.77. The van der Waals surface area contributed by atoms with E-state index in [0.717, 1.165) is 11.8 Å². The Hall–Kier alpha value is -0.0800. The van der Waals surface area contributed by atoms with Crippen LogP contribution in [0.4, 0.5) is 0 Å². The summed E-state index contributed by atoms with van der Waals surface area (Å²) in [7, 11) is 3.56. The molecule has 0 aliphatic heterocycles. The zero-order valence-corrected chi connectivity index (χ0v) is 10.1. The summed E-state index contributed by atoms with van der Waals surface area (Å²) < 4.78 is 10.9. The van der Waals surface area contributed by atoms with Gasteiger partial charge in [0.25, 0.3) is 0 Å². The Kier molecular flexibility index (Phi) is 4.04. The summed E-state index contributed by atoms with van der Waals surface area (Å²) in [5, 5.41) is 0. The van der Waals surface area contributed by atoms with Crippen molar-refractivity contribution in [1.82, 2.24) is 0 Å². The Balaban J connectivity index is 2.02. The lowest BCUT2D eigenvalue weighted by atomic mass is 9.65. The number of ether oxygens (including phenoxy) is 2. The molecule has 0 heterocycles. The summed E-state index contributed by atoms with van der Waals surface area (Å²) in [6.07, 6.45) is 9.86. The van der Waals surface area contributed by atoms with Crippen LogP contribution in [-0.4, -0.2) is 20.5 Å². The fraction of sp³-hybridized carbons (Fsp3) is 1.00. The molecule has 2 nitrogen and oxygen atoms in total. The Morgan fingerprint density at radius 1 is 0.867 bits per heavy atom. The van der Waals surface area contributed by atoms with Gasteiger partial charge >= 0.3 is 0 Å². The minimum atomic E-state index is 0.0379. The maximum Gasteiger partial charge on any atom is 0.159 e. The highest BCUT2D eigenvalue weighted by Gasteiger charge is 2.38. The van der Waals surface area contributed by atoms with Crippen LogP contribution in [-0.2, 0) is 9.47 Å². The SMILES string of the molecule is COC(OC)C1CCCC2CCCCC21. The van der Waals surface area contributed by atoms with Gasteiger partial charge in [-0.3, -0.25) is 0 Å². The third-order valence-electron chi connectivity index (χ3n) is 4.44. The first-order chi connectivity index (χ1) is 7.36. The molecule has 0 bridgehead atoms. The molecule has 0 amide bonds. The van der Waals surface area contributed by atoms with Crippen molar-refractivity contribution in [2.24, 2.45) is 17.8 Å². The molecule has 88 valence electrons. The van der Waals surface area contributed by atoms with Gasteiger partial charge in [-0.1, -0.05) is 32.1 Å². The van der Waals surface area contributed by atoms with Crippen molar-refractivity contribution < 1.29 is 9.47 Å². The highest BCUT2D eigenvalue weighted by Crippen LogP contribution is 2.45. The number of fused-ring (bicyclic) bond motifs is 1. The van der Waals surface area contributed by atoms with E-state index in [-0.39, 0.29) is 6.29 Å². The second-order valence-corrected chi connectivity index (χ2v) is 5.14. The number of hydrogen-bond acceptors (Lipinski definition) is 2. The lowest BCUT2D eigenvalue weighted by molar-refractivity contribution is -0.166. The lowest BCUT2D eigenvalue weighted by Crippen LogP contribution is -2.39. The van der Waals surface area contributed by atoms with Crippen molar-refractivity contribution in [2.75, 3.05) is 14.2 Å². The first-order valence-electron chi connectivity index (χ1n) is 6.42. The average molecular weight is 212 g/mol. The van der Waals surface area contributed by atoms with Gasteiger partial charge in [0, 0.05) is 20.1 Å². The van der Waals surface area contributed by atoms with Gasteiger partial charge in [-0.25, -0.2) is 0 Å². The average Bonchev–Trinajstić information content (AvgIpc) is 2.31. The predicted molar refractivity (Wildman–Crippen MR) is 60.6 cm³/mol. The molecule has 15 heavy (non-hydrogen) atoms. The number of methoxy groups -OCH3 is 2. The van der Waals surface area contributed by atoms with E-state index in [9.17, 15) is 0 Å². The second-order valence-electron chi connectivity index (χ2n) is 5.14. The summed E-state index contributed by atoms with van der Waals surface area (Å²) >= 11 is 0. The summed E-state index contributed by atoms with van der Waals surface area (Å²) in [6, 6.07) is 0. The monoisotopic (exact) mass is 212 g/mol. The smallest absolute Gasteiger partial charge is 0.159 e. The predicted octanol–water partition coefficient (Wildman–Crippen LogP) is 3.21. The molecule has 0 N–H and O–H groups in total. The van der Waals surface area contributed by atoms with Crippen LogP contribution in [0.1, 0.15) is 44.9 Å². The first kappa shape index (κ1) is 11.4. The molecule has 2 saturated carbocycles. The van der Waals surface area contributed by atoms with E-state index in [2.05, 4.69) is 0 Å². The van der Waals surface area contributed by atoms with Crippen LogP contribution in [0.25, 0.3) is 0 Å². The third kappa shape index (κ3) is 2.36. The van der Waals surface area contributed by atoms with Crippen molar-refractivity contribution in [3.63, 3.8) is 0 Å². The van der Waals surface area contributed by atoms with E-state index in [1.165, 1.54) is 44.9 Å². The van der Waals surface area contributed by atoms with E-state index in [4.69, 9.17) is 9.47 Å². The Morgan fingerprint density at radius 3 is 2.27 bits per heavy atom. The van der Waals surface area contributed by atoms with E-state index in [1.54, 1.807) is 14.2 Å². The van der Waals surface area contributed by atoms with Gasteiger partial charge in [-0.2, -0.15) is 0 Å². The molecule has 2 aliphatic rings. The Morgan fingerprint density at radius 2 is 1.53 bits per heavy atom. The van der Waals surface area contributed by atoms with Gasteiger partial charge in [0.05, 0.1) is 0 Å². The molecule has 3 atom stereocenters. The lowest BCUT2D eigenvalue weighted by Gasteiger charge is -2.43. The standard InChI is InChI=1S/C13H24O2/c1-14-13(15-2)12-9-5-7-10-6-3-4-8-11(10)12/h10-13H,3-9H2,1-2H3. The molecule has 2 rings (SSSR count). The molecule has 0 aromatic heterocycles. The minimum Gasteiger partial charge on any atom is -0.356 e. The molecule has 3 unspecified atom stereocenters. The van der Waals surface area contributed by atoms with Crippen molar-refractivity contribution in [2.45, 2.75) is 51.2 Å². The molecular formula is C13H24O2. The number of hydrogen-bond donors (Lipinski definition) is 0. The van der Waals surface area contributed by atoms with E-state index in [0.29, 0.717) is 5.92 Å². The van der Waals surface area contributed by atoms with E-state index < -0.39 is 0 Å². The molecule has 0 aromatic rings. The fourth-order valence-electron chi connectivity index (χ4n) is 3.77. The molecule has 0 radical (unpaired) electrons. The van der Waals surface area contributed by atoms with Gasteiger partial charge in [0.2, 0.25) is 0 Å². The minimum absolute atomic E-state index is 0.0379. The second kappa shape index (κ2) is 5.31. The molecule has 0 saturated heterocycles. The summed E-state index contributed by atoms with van der Waals surface area (Å²) in [4.78, 5) is 0. The van der Waals surface area contributed by atoms with Gasteiger partial charge in [-0.15, -0.1) is 0 Å². The topological polar surface area (TPSA) is 18.5 Å². The van der Waals surface area contributed by atoms with Crippen LogP contribution in [0.15, 0.2) is 0 Å². The van der Waals surface area contributed by atoms with Crippen molar-refractivity contribution >= 4 is 0 Å². The van der Waals surface area contributed by atoms with Crippen LogP contribution in [0.5, 0.6) is 0 Å². The molecule has 2 aliphatic carbocycles. The number of rotatable bonds is 3. The summed E-state index contributed by atoms with van der Waals surface area (Å²) in [5.41, 5.74) is 0. The molecular weight excluding hydrogens is 188 g/mol. The van der Waals surface area contributed by atoms with Crippen LogP contribution >= 0.6 is 0 Å². The van der Waals surface area contributed by atoms with Gasteiger partial charge < -0.3 is 9.47 Å². The van der Waals surface area contributed by atoms with Gasteiger partial charge in [-0.05, 0) is 24.7 Å². The maximum atomic E-state index is 5.47. The normalized spacial score (nSPS) is 36.6. The maximum absolute atomic E-state index is 5.47. The van der Waals surface area contributed by atoms with Crippen molar-refractivity contribution in [1.29, 1.82) is 0 Å². The van der Waals surface area contributed by atoms with Crippen molar-refractivity contribution in [3.05, 3.63) is 0 Å². The van der Waals surface area contributed by atoms with Crippen LogP contribution < -0.4 is 0 Å². The van der Waals surface area contributed by atoms with Gasteiger partial charge in [0.1, 0.15) is 0 Å². The molecule has 2 fully saturated rings. The van der Waals surface area contributed by atoms with Gasteiger partial charge in [0.15, 0.2) is 6.29 Å².